The van der Waals surface area contributed by atoms with E-state index in [4.69, 9.17) is 9.47 Å². The van der Waals surface area contributed by atoms with Gasteiger partial charge in [-0.3, -0.25) is 4.79 Å². The molecule has 0 aromatic heterocycles. The van der Waals surface area contributed by atoms with Crippen molar-refractivity contribution < 1.29 is 22.7 Å². The number of ether oxygens (including phenoxy) is 2. The molecule has 138 valence electrons. The smallest absolute Gasteiger partial charge is 0.255 e. The van der Waals surface area contributed by atoms with E-state index < -0.39 is 22.5 Å². The Balaban J connectivity index is 1.94. The largest absolute Gasteiger partial charge is 0.493 e. The zero-order chi connectivity index (χ0) is 19.0. The maximum atomic E-state index is 12.0. The molecule has 0 bridgehead atoms. The van der Waals surface area contributed by atoms with Crippen LogP contribution < -0.4 is 19.6 Å². The minimum atomic E-state index is -3.75. The first-order valence-electron chi connectivity index (χ1n) is 7.55. The molecule has 2 N–H and O–H groups in total. The average molecular weight is 377 g/mol. The van der Waals surface area contributed by atoms with Gasteiger partial charge in [0.1, 0.15) is 0 Å². The number of amides is 1. The SMILES string of the molecule is COc1cccc(/C=N\NC(=O)CNS(=O)(=O)c2ccccc2)c1OC. The zero-order valence-corrected chi connectivity index (χ0v) is 15.1. The van der Waals surface area contributed by atoms with Gasteiger partial charge in [-0.15, -0.1) is 0 Å². The van der Waals surface area contributed by atoms with Gasteiger partial charge >= 0.3 is 0 Å². The number of nitrogens with zero attached hydrogens (tertiary/aromatic N) is 1. The molecule has 0 aliphatic heterocycles. The number of methoxy groups -OCH3 is 2. The molecule has 0 unspecified atom stereocenters. The Morgan fingerprint density at radius 1 is 1.08 bits per heavy atom. The number of nitrogens with one attached hydrogen (secondary N) is 2. The topological polar surface area (TPSA) is 106 Å². The Morgan fingerprint density at radius 2 is 1.81 bits per heavy atom. The second-order valence-corrected chi connectivity index (χ2v) is 6.78. The molecule has 0 aliphatic carbocycles. The molecular weight excluding hydrogens is 358 g/mol. The van der Waals surface area contributed by atoms with Crippen molar-refractivity contribution in [2.45, 2.75) is 4.90 Å². The van der Waals surface area contributed by atoms with E-state index in [0.717, 1.165) is 0 Å². The number of carbonyl (C=O) groups excluding carboxylic acids is 1. The first-order chi connectivity index (χ1) is 12.5. The van der Waals surface area contributed by atoms with E-state index in [1.807, 2.05) is 0 Å². The monoisotopic (exact) mass is 377 g/mol. The first-order valence-corrected chi connectivity index (χ1v) is 9.04. The van der Waals surface area contributed by atoms with Gasteiger partial charge in [-0.25, -0.2) is 18.6 Å². The van der Waals surface area contributed by atoms with E-state index in [1.54, 1.807) is 36.4 Å². The standard InChI is InChI=1S/C17H19N3O5S/c1-24-15-10-6-7-13(17(15)25-2)11-18-20-16(21)12-19-26(22,23)14-8-4-3-5-9-14/h3-11,19H,12H2,1-2H3,(H,20,21)/b18-11-. The van der Waals surface area contributed by atoms with E-state index in [1.165, 1.54) is 32.6 Å². The molecule has 0 aliphatic rings. The fourth-order valence-corrected chi connectivity index (χ4v) is 3.07. The molecular formula is C17H19N3O5S. The highest BCUT2D eigenvalue weighted by Crippen LogP contribution is 2.29. The van der Waals surface area contributed by atoms with Crippen LogP contribution in [0.2, 0.25) is 0 Å². The lowest BCUT2D eigenvalue weighted by Crippen LogP contribution is -2.34. The Morgan fingerprint density at radius 3 is 2.46 bits per heavy atom. The molecule has 0 heterocycles. The lowest BCUT2D eigenvalue weighted by molar-refractivity contribution is -0.119. The highest BCUT2D eigenvalue weighted by molar-refractivity contribution is 7.89. The van der Waals surface area contributed by atoms with Gasteiger partial charge in [0, 0.05) is 5.56 Å². The molecule has 0 saturated heterocycles. The van der Waals surface area contributed by atoms with Crippen LogP contribution >= 0.6 is 0 Å². The summed E-state index contributed by atoms with van der Waals surface area (Å²) in [6, 6.07) is 13.0. The van der Waals surface area contributed by atoms with Crippen LogP contribution in [0.1, 0.15) is 5.56 Å². The van der Waals surface area contributed by atoms with Crippen molar-refractivity contribution in [3.63, 3.8) is 0 Å². The molecule has 0 fully saturated rings. The van der Waals surface area contributed by atoms with E-state index in [9.17, 15) is 13.2 Å². The van der Waals surface area contributed by atoms with E-state index in [0.29, 0.717) is 17.1 Å². The van der Waals surface area contributed by atoms with Gasteiger partial charge in [0.2, 0.25) is 10.0 Å². The van der Waals surface area contributed by atoms with Crippen molar-refractivity contribution in [1.82, 2.24) is 10.1 Å². The van der Waals surface area contributed by atoms with Gasteiger partial charge in [-0.1, -0.05) is 24.3 Å². The molecule has 0 atom stereocenters. The van der Waals surface area contributed by atoms with Crippen LogP contribution in [0.3, 0.4) is 0 Å². The van der Waals surface area contributed by atoms with Crippen LogP contribution in [-0.2, 0) is 14.8 Å². The van der Waals surface area contributed by atoms with Crippen LogP contribution in [0, 0.1) is 0 Å². The Kier molecular flexibility index (Phi) is 6.70. The Labute approximate surface area is 151 Å². The first kappa shape index (κ1) is 19.4. The number of benzene rings is 2. The third kappa shape index (κ3) is 5.04. The Hall–Kier alpha value is -2.91. The lowest BCUT2D eigenvalue weighted by Gasteiger charge is -2.09. The molecule has 1 amide bonds. The molecule has 8 nitrogen and oxygen atoms in total. The summed E-state index contributed by atoms with van der Waals surface area (Å²) in [5, 5.41) is 3.80. The quantitative estimate of drug-likeness (QED) is 0.530. The van der Waals surface area contributed by atoms with Crippen molar-refractivity contribution in [1.29, 1.82) is 0 Å². The fourth-order valence-electron chi connectivity index (χ4n) is 2.07. The minimum Gasteiger partial charge on any atom is -0.493 e. The predicted molar refractivity (Wildman–Crippen MR) is 96.9 cm³/mol. The van der Waals surface area contributed by atoms with Crippen LogP contribution in [0.5, 0.6) is 11.5 Å². The summed E-state index contributed by atoms with van der Waals surface area (Å²) >= 11 is 0. The average Bonchev–Trinajstić information content (AvgIpc) is 2.67. The van der Waals surface area contributed by atoms with Gasteiger partial charge in [-0.05, 0) is 24.3 Å². The lowest BCUT2D eigenvalue weighted by atomic mass is 10.2. The highest BCUT2D eigenvalue weighted by atomic mass is 32.2. The maximum absolute atomic E-state index is 12.0. The van der Waals surface area contributed by atoms with Crippen molar-refractivity contribution in [2.75, 3.05) is 20.8 Å². The second-order valence-electron chi connectivity index (χ2n) is 5.01. The van der Waals surface area contributed by atoms with Gasteiger partial charge < -0.3 is 9.47 Å². The summed E-state index contributed by atoms with van der Waals surface area (Å²) in [7, 11) is -0.746. The summed E-state index contributed by atoms with van der Waals surface area (Å²) in [6.45, 7) is -0.441. The number of sulfonamides is 1. The van der Waals surface area contributed by atoms with Crippen LogP contribution in [0.4, 0.5) is 0 Å². The summed E-state index contributed by atoms with van der Waals surface area (Å²) in [4.78, 5) is 11.9. The normalized spacial score (nSPS) is 11.3. The van der Waals surface area contributed by atoms with Crippen molar-refractivity contribution >= 4 is 22.1 Å². The van der Waals surface area contributed by atoms with E-state index >= 15 is 0 Å². The number of para-hydroxylation sites is 1. The molecule has 9 heteroatoms. The van der Waals surface area contributed by atoms with Crippen LogP contribution in [-0.4, -0.2) is 41.3 Å². The minimum absolute atomic E-state index is 0.0809. The van der Waals surface area contributed by atoms with Crippen molar-refractivity contribution in [2.24, 2.45) is 5.10 Å². The number of hydrogen-bond acceptors (Lipinski definition) is 6. The second kappa shape index (κ2) is 8.97. The molecule has 26 heavy (non-hydrogen) atoms. The molecule has 0 radical (unpaired) electrons. The molecule has 2 rings (SSSR count). The third-order valence-electron chi connectivity index (χ3n) is 3.30. The highest BCUT2D eigenvalue weighted by Gasteiger charge is 2.14. The summed E-state index contributed by atoms with van der Waals surface area (Å²) in [6.07, 6.45) is 1.38. The third-order valence-corrected chi connectivity index (χ3v) is 4.72. The molecule has 2 aromatic carbocycles. The number of carbonyl (C=O) groups is 1. The summed E-state index contributed by atoms with van der Waals surface area (Å²) in [5.41, 5.74) is 2.85. The molecule has 2 aromatic rings. The van der Waals surface area contributed by atoms with E-state index in [-0.39, 0.29) is 4.90 Å². The van der Waals surface area contributed by atoms with Crippen LogP contribution in [0.15, 0.2) is 58.5 Å². The van der Waals surface area contributed by atoms with Gasteiger partial charge in [-0.2, -0.15) is 5.10 Å². The zero-order valence-electron chi connectivity index (χ0n) is 14.3. The van der Waals surface area contributed by atoms with E-state index in [2.05, 4.69) is 15.2 Å². The van der Waals surface area contributed by atoms with Crippen molar-refractivity contribution in [3.05, 3.63) is 54.1 Å². The molecule has 0 saturated carbocycles. The summed E-state index contributed by atoms with van der Waals surface area (Å²) < 4.78 is 36.7. The number of hydrazone groups is 1. The number of rotatable bonds is 8. The van der Waals surface area contributed by atoms with Gasteiger partial charge in [0.25, 0.3) is 5.91 Å². The Bertz CT molecular complexity index is 883. The number of hydrogen-bond donors (Lipinski definition) is 2. The van der Waals surface area contributed by atoms with Crippen LogP contribution in [0.25, 0.3) is 0 Å². The predicted octanol–water partition coefficient (Wildman–Crippen LogP) is 1.13. The maximum Gasteiger partial charge on any atom is 0.255 e. The summed E-state index contributed by atoms with van der Waals surface area (Å²) in [5.74, 6) is 0.388. The van der Waals surface area contributed by atoms with Gasteiger partial charge in [0.15, 0.2) is 11.5 Å². The van der Waals surface area contributed by atoms with Gasteiger partial charge in [0.05, 0.1) is 31.9 Å². The molecule has 0 spiro atoms. The van der Waals surface area contributed by atoms with Crippen molar-refractivity contribution in [3.8, 4) is 11.5 Å². The fraction of sp³-hybridized carbons (Fsp3) is 0.176.